The Morgan fingerprint density at radius 1 is 1.05 bits per heavy atom. The molecule has 0 fully saturated rings. The monoisotopic (exact) mass is 289 g/mol. The van der Waals surface area contributed by atoms with Crippen molar-refractivity contribution in [2.75, 3.05) is 13.2 Å². The SMILES string of the molecule is CCCOc1ccc(OC(CN)c2ccccc2F)cc1. The number of nitrogens with two attached hydrogens (primary N) is 1. The maximum Gasteiger partial charge on any atom is 0.139 e. The third-order valence-electron chi connectivity index (χ3n) is 3.04. The van der Waals surface area contributed by atoms with Gasteiger partial charge in [0.05, 0.1) is 6.61 Å². The molecule has 0 heterocycles. The van der Waals surface area contributed by atoms with E-state index >= 15 is 0 Å². The molecule has 112 valence electrons. The van der Waals surface area contributed by atoms with Gasteiger partial charge in [0.1, 0.15) is 23.4 Å². The molecule has 2 rings (SSSR count). The highest BCUT2D eigenvalue weighted by atomic mass is 19.1. The summed E-state index contributed by atoms with van der Waals surface area (Å²) in [6.45, 7) is 2.94. The highest BCUT2D eigenvalue weighted by Gasteiger charge is 2.15. The Morgan fingerprint density at radius 3 is 2.33 bits per heavy atom. The summed E-state index contributed by atoms with van der Waals surface area (Å²) in [6.07, 6.45) is 0.453. The van der Waals surface area contributed by atoms with Gasteiger partial charge in [0.15, 0.2) is 0 Å². The van der Waals surface area contributed by atoms with E-state index in [0.717, 1.165) is 12.2 Å². The first-order valence-corrected chi connectivity index (χ1v) is 7.08. The van der Waals surface area contributed by atoms with Gasteiger partial charge in [-0.1, -0.05) is 25.1 Å². The van der Waals surface area contributed by atoms with Gasteiger partial charge in [0.2, 0.25) is 0 Å². The van der Waals surface area contributed by atoms with Crippen molar-refractivity contribution in [3.05, 3.63) is 59.9 Å². The van der Waals surface area contributed by atoms with E-state index in [1.54, 1.807) is 30.3 Å². The van der Waals surface area contributed by atoms with E-state index in [-0.39, 0.29) is 12.4 Å². The molecule has 21 heavy (non-hydrogen) atoms. The normalized spacial score (nSPS) is 12.0. The molecule has 0 aliphatic rings. The van der Waals surface area contributed by atoms with Crippen LogP contribution in [0.15, 0.2) is 48.5 Å². The summed E-state index contributed by atoms with van der Waals surface area (Å²) >= 11 is 0. The molecule has 0 saturated heterocycles. The van der Waals surface area contributed by atoms with Gasteiger partial charge in [-0.15, -0.1) is 0 Å². The molecule has 0 aliphatic heterocycles. The predicted molar refractivity (Wildman–Crippen MR) is 81.1 cm³/mol. The first kappa shape index (κ1) is 15.3. The van der Waals surface area contributed by atoms with Crippen LogP contribution < -0.4 is 15.2 Å². The van der Waals surface area contributed by atoms with E-state index in [1.807, 2.05) is 12.1 Å². The molecule has 2 aromatic carbocycles. The molecule has 0 spiro atoms. The van der Waals surface area contributed by atoms with E-state index in [0.29, 0.717) is 17.9 Å². The van der Waals surface area contributed by atoms with Crippen molar-refractivity contribution in [3.8, 4) is 11.5 Å². The maximum absolute atomic E-state index is 13.8. The molecule has 4 heteroatoms. The van der Waals surface area contributed by atoms with Crippen LogP contribution in [0, 0.1) is 5.82 Å². The minimum absolute atomic E-state index is 0.203. The van der Waals surface area contributed by atoms with Gasteiger partial charge in [-0.05, 0) is 36.8 Å². The summed E-state index contributed by atoms with van der Waals surface area (Å²) in [6, 6.07) is 13.8. The number of rotatable bonds is 7. The molecule has 0 amide bonds. The second kappa shape index (κ2) is 7.64. The average molecular weight is 289 g/mol. The number of hydrogen-bond acceptors (Lipinski definition) is 3. The number of hydrogen-bond donors (Lipinski definition) is 1. The van der Waals surface area contributed by atoms with Crippen molar-refractivity contribution in [1.29, 1.82) is 0 Å². The van der Waals surface area contributed by atoms with Gasteiger partial charge in [0, 0.05) is 12.1 Å². The number of ether oxygens (including phenoxy) is 2. The zero-order valence-corrected chi connectivity index (χ0v) is 12.1. The molecule has 0 saturated carbocycles. The maximum atomic E-state index is 13.8. The fourth-order valence-electron chi connectivity index (χ4n) is 1.97. The Hall–Kier alpha value is -2.07. The third-order valence-corrected chi connectivity index (χ3v) is 3.04. The zero-order valence-electron chi connectivity index (χ0n) is 12.1. The summed E-state index contributed by atoms with van der Waals surface area (Å²) in [5.41, 5.74) is 6.16. The predicted octanol–water partition coefficient (Wildman–Crippen LogP) is 3.69. The second-order valence-electron chi connectivity index (χ2n) is 4.68. The van der Waals surface area contributed by atoms with Crippen molar-refractivity contribution < 1.29 is 13.9 Å². The van der Waals surface area contributed by atoms with Crippen LogP contribution in [0.25, 0.3) is 0 Å². The summed E-state index contributed by atoms with van der Waals surface area (Å²) < 4.78 is 25.1. The van der Waals surface area contributed by atoms with E-state index < -0.39 is 6.10 Å². The van der Waals surface area contributed by atoms with Crippen LogP contribution in [-0.4, -0.2) is 13.2 Å². The lowest BCUT2D eigenvalue weighted by Gasteiger charge is -2.18. The van der Waals surface area contributed by atoms with Crippen LogP contribution in [0.4, 0.5) is 4.39 Å². The Labute approximate surface area is 124 Å². The largest absolute Gasteiger partial charge is 0.494 e. The summed E-state index contributed by atoms with van der Waals surface area (Å²) in [7, 11) is 0. The minimum Gasteiger partial charge on any atom is -0.494 e. The van der Waals surface area contributed by atoms with Gasteiger partial charge in [-0.2, -0.15) is 0 Å². The summed E-state index contributed by atoms with van der Waals surface area (Å²) in [5, 5.41) is 0. The van der Waals surface area contributed by atoms with Crippen molar-refractivity contribution in [2.45, 2.75) is 19.4 Å². The van der Waals surface area contributed by atoms with Crippen molar-refractivity contribution in [3.63, 3.8) is 0 Å². The quantitative estimate of drug-likeness (QED) is 0.845. The van der Waals surface area contributed by atoms with Crippen LogP contribution in [0.1, 0.15) is 25.0 Å². The van der Waals surface area contributed by atoms with Gasteiger partial charge in [-0.25, -0.2) is 4.39 Å². The van der Waals surface area contributed by atoms with E-state index in [9.17, 15) is 4.39 Å². The molecule has 0 aliphatic carbocycles. The van der Waals surface area contributed by atoms with Crippen LogP contribution in [0.5, 0.6) is 11.5 Å². The lowest BCUT2D eigenvalue weighted by molar-refractivity contribution is 0.208. The molecular weight excluding hydrogens is 269 g/mol. The fraction of sp³-hybridized carbons (Fsp3) is 0.294. The molecule has 0 bridgehead atoms. The van der Waals surface area contributed by atoms with Crippen molar-refractivity contribution in [1.82, 2.24) is 0 Å². The van der Waals surface area contributed by atoms with Crippen molar-refractivity contribution >= 4 is 0 Å². The zero-order chi connectivity index (χ0) is 15.1. The molecule has 0 radical (unpaired) electrons. The fourth-order valence-corrected chi connectivity index (χ4v) is 1.97. The summed E-state index contributed by atoms with van der Waals surface area (Å²) in [5.74, 6) is 1.12. The molecule has 0 aromatic heterocycles. The standard InChI is InChI=1S/C17H20FNO2/c1-2-11-20-13-7-9-14(10-8-13)21-17(12-19)15-5-3-4-6-16(15)18/h3-10,17H,2,11-12,19H2,1H3. The van der Waals surface area contributed by atoms with Gasteiger partial charge < -0.3 is 15.2 Å². The molecule has 1 atom stereocenters. The summed E-state index contributed by atoms with van der Waals surface area (Å²) in [4.78, 5) is 0. The smallest absolute Gasteiger partial charge is 0.139 e. The van der Waals surface area contributed by atoms with Crippen molar-refractivity contribution in [2.24, 2.45) is 5.73 Å². The second-order valence-corrected chi connectivity index (χ2v) is 4.68. The Kier molecular flexibility index (Phi) is 5.58. The Balaban J connectivity index is 2.07. The van der Waals surface area contributed by atoms with E-state index in [1.165, 1.54) is 6.07 Å². The first-order valence-electron chi connectivity index (χ1n) is 7.08. The number of benzene rings is 2. The van der Waals surface area contributed by atoms with Gasteiger partial charge in [-0.3, -0.25) is 0 Å². The first-order chi connectivity index (χ1) is 10.2. The lowest BCUT2D eigenvalue weighted by Crippen LogP contribution is -2.19. The molecular formula is C17H20FNO2. The minimum atomic E-state index is -0.506. The topological polar surface area (TPSA) is 44.5 Å². The molecule has 3 nitrogen and oxygen atoms in total. The Bertz CT molecular complexity index is 557. The van der Waals surface area contributed by atoms with Gasteiger partial charge >= 0.3 is 0 Å². The molecule has 1 unspecified atom stereocenters. The van der Waals surface area contributed by atoms with Crippen LogP contribution in [-0.2, 0) is 0 Å². The third kappa shape index (κ3) is 4.20. The van der Waals surface area contributed by atoms with Gasteiger partial charge in [0.25, 0.3) is 0 Å². The highest BCUT2D eigenvalue weighted by Crippen LogP contribution is 2.25. The molecule has 2 N–H and O–H groups in total. The van der Waals surface area contributed by atoms with Crippen LogP contribution >= 0.6 is 0 Å². The average Bonchev–Trinajstić information content (AvgIpc) is 2.52. The van der Waals surface area contributed by atoms with E-state index in [4.69, 9.17) is 15.2 Å². The molecule has 2 aromatic rings. The Morgan fingerprint density at radius 2 is 1.71 bits per heavy atom. The number of halogens is 1. The van der Waals surface area contributed by atoms with E-state index in [2.05, 4.69) is 6.92 Å². The van der Waals surface area contributed by atoms with Crippen LogP contribution in [0.2, 0.25) is 0 Å². The highest BCUT2D eigenvalue weighted by molar-refractivity contribution is 5.32. The lowest BCUT2D eigenvalue weighted by atomic mass is 10.1. The van der Waals surface area contributed by atoms with Crippen LogP contribution in [0.3, 0.4) is 0 Å².